The molecule has 0 saturated carbocycles. The largest absolute Gasteiger partial charge is 0.416 e. The normalized spacial score (nSPS) is 11.6. The second-order valence-electron chi connectivity index (χ2n) is 7.17. The molecule has 2 heterocycles. The van der Waals surface area contributed by atoms with Crippen molar-refractivity contribution in [3.05, 3.63) is 81.7 Å². The molecule has 0 aliphatic carbocycles. The molecule has 0 aliphatic rings. The van der Waals surface area contributed by atoms with E-state index in [-0.39, 0.29) is 40.7 Å². The highest BCUT2D eigenvalue weighted by Crippen LogP contribution is 2.29. The SMILES string of the molecule is O=C(CSCc1nc2c(nnn2Cc2ccc(F)cc2)c(=O)[nH]1)Nc1ccc(C(F)(F)F)cc1. The molecule has 0 spiro atoms. The van der Waals surface area contributed by atoms with E-state index in [4.69, 9.17) is 0 Å². The molecule has 0 bridgehead atoms. The first kappa shape index (κ1) is 23.4. The van der Waals surface area contributed by atoms with Crippen LogP contribution in [0.5, 0.6) is 0 Å². The molecule has 0 radical (unpaired) electrons. The maximum atomic E-state index is 13.1. The van der Waals surface area contributed by atoms with Crippen LogP contribution in [0.25, 0.3) is 11.2 Å². The van der Waals surface area contributed by atoms with E-state index >= 15 is 0 Å². The molecule has 0 atom stereocenters. The van der Waals surface area contributed by atoms with Gasteiger partial charge < -0.3 is 10.3 Å². The average molecular weight is 492 g/mol. The summed E-state index contributed by atoms with van der Waals surface area (Å²) in [4.78, 5) is 31.4. The van der Waals surface area contributed by atoms with Crippen molar-refractivity contribution in [3.8, 4) is 0 Å². The molecule has 2 aromatic heterocycles. The lowest BCUT2D eigenvalue weighted by molar-refractivity contribution is -0.137. The molecule has 2 N–H and O–H groups in total. The zero-order valence-corrected chi connectivity index (χ0v) is 18.1. The Morgan fingerprint density at radius 2 is 1.79 bits per heavy atom. The Morgan fingerprint density at radius 1 is 1.09 bits per heavy atom. The van der Waals surface area contributed by atoms with Crippen LogP contribution >= 0.6 is 11.8 Å². The van der Waals surface area contributed by atoms with Crippen LogP contribution in [-0.2, 0) is 23.3 Å². The summed E-state index contributed by atoms with van der Waals surface area (Å²) in [7, 11) is 0. The fraction of sp³-hybridized carbons (Fsp3) is 0.190. The van der Waals surface area contributed by atoms with Gasteiger partial charge in [0.1, 0.15) is 11.6 Å². The number of carbonyl (C=O) groups is 1. The highest BCUT2D eigenvalue weighted by Gasteiger charge is 2.30. The number of alkyl halides is 3. The molecule has 1 amide bonds. The van der Waals surface area contributed by atoms with Crippen molar-refractivity contribution in [2.75, 3.05) is 11.1 Å². The lowest BCUT2D eigenvalue weighted by Gasteiger charge is -2.09. The Labute approximate surface area is 193 Å². The van der Waals surface area contributed by atoms with Gasteiger partial charge in [0.15, 0.2) is 11.2 Å². The Hall–Kier alpha value is -3.74. The Kier molecular flexibility index (Phi) is 6.63. The summed E-state index contributed by atoms with van der Waals surface area (Å²) in [5, 5.41) is 10.3. The van der Waals surface area contributed by atoms with Gasteiger partial charge >= 0.3 is 6.18 Å². The minimum absolute atomic E-state index is 0.0180. The number of anilines is 1. The maximum absolute atomic E-state index is 13.1. The van der Waals surface area contributed by atoms with Crippen LogP contribution in [0, 0.1) is 5.82 Å². The van der Waals surface area contributed by atoms with Gasteiger partial charge in [-0.05, 0) is 42.0 Å². The third kappa shape index (κ3) is 5.60. The fourth-order valence-corrected chi connectivity index (χ4v) is 3.72. The molecule has 0 fully saturated rings. The number of rotatable bonds is 7. The summed E-state index contributed by atoms with van der Waals surface area (Å²) < 4.78 is 52.4. The monoisotopic (exact) mass is 492 g/mol. The molecule has 0 unspecified atom stereocenters. The zero-order valence-electron chi connectivity index (χ0n) is 17.3. The number of benzene rings is 2. The minimum atomic E-state index is -4.45. The first-order valence-electron chi connectivity index (χ1n) is 9.81. The number of amides is 1. The fourth-order valence-electron chi connectivity index (χ4n) is 3.03. The molecule has 2 aromatic carbocycles. The first-order chi connectivity index (χ1) is 16.2. The van der Waals surface area contributed by atoms with Gasteiger partial charge in [-0.1, -0.05) is 17.3 Å². The number of nitrogens with zero attached hydrogens (tertiary/aromatic N) is 4. The maximum Gasteiger partial charge on any atom is 0.416 e. The Morgan fingerprint density at radius 3 is 2.47 bits per heavy atom. The number of halogens is 4. The quantitative estimate of drug-likeness (QED) is 0.382. The number of aromatic amines is 1. The molecule has 4 aromatic rings. The summed E-state index contributed by atoms with van der Waals surface area (Å²) in [6.07, 6.45) is -4.45. The average Bonchev–Trinajstić information content (AvgIpc) is 3.18. The Bertz CT molecular complexity index is 1370. The van der Waals surface area contributed by atoms with E-state index in [1.807, 2.05) is 0 Å². The van der Waals surface area contributed by atoms with Crippen molar-refractivity contribution in [3.63, 3.8) is 0 Å². The number of nitrogens with one attached hydrogen (secondary N) is 2. The number of aromatic nitrogens is 5. The zero-order chi connectivity index (χ0) is 24.3. The number of H-pyrrole nitrogens is 1. The molecule has 0 aliphatic heterocycles. The molecular weight excluding hydrogens is 476 g/mol. The van der Waals surface area contributed by atoms with Crippen LogP contribution in [0.15, 0.2) is 53.3 Å². The lowest BCUT2D eigenvalue weighted by atomic mass is 10.2. The third-order valence-corrected chi connectivity index (χ3v) is 5.58. The predicted molar refractivity (Wildman–Crippen MR) is 118 cm³/mol. The summed E-state index contributed by atoms with van der Waals surface area (Å²) in [5.41, 5.74) is -0.0131. The van der Waals surface area contributed by atoms with Crippen LogP contribution < -0.4 is 10.9 Å². The highest BCUT2D eigenvalue weighted by atomic mass is 32.2. The van der Waals surface area contributed by atoms with Crippen molar-refractivity contribution >= 4 is 34.5 Å². The summed E-state index contributed by atoms with van der Waals surface area (Å²) >= 11 is 1.16. The van der Waals surface area contributed by atoms with Gasteiger partial charge in [0.05, 0.1) is 23.6 Å². The molecule has 13 heteroatoms. The van der Waals surface area contributed by atoms with Gasteiger partial charge in [0.2, 0.25) is 5.91 Å². The number of fused-ring (bicyclic) bond motifs is 1. The van der Waals surface area contributed by atoms with E-state index in [9.17, 15) is 27.2 Å². The number of hydrogen-bond donors (Lipinski definition) is 2. The third-order valence-electron chi connectivity index (χ3n) is 4.64. The van der Waals surface area contributed by atoms with Gasteiger partial charge in [-0.2, -0.15) is 13.2 Å². The van der Waals surface area contributed by atoms with Crippen LogP contribution in [0.4, 0.5) is 23.2 Å². The van der Waals surface area contributed by atoms with Crippen LogP contribution in [-0.4, -0.2) is 36.6 Å². The van der Waals surface area contributed by atoms with Gasteiger partial charge in [0, 0.05) is 5.69 Å². The predicted octanol–water partition coefficient (Wildman–Crippen LogP) is 3.59. The van der Waals surface area contributed by atoms with Crippen LogP contribution in [0.3, 0.4) is 0 Å². The summed E-state index contributed by atoms with van der Waals surface area (Å²) in [6, 6.07) is 9.91. The van der Waals surface area contributed by atoms with Gasteiger partial charge in [-0.3, -0.25) is 9.59 Å². The van der Waals surface area contributed by atoms with Crippen molar-refractivity contribution < 1.29 is 22.4 Å². The van der Waals surface area contributed by atoms with Crippen molar-refractivity contribution in [1.82, 2.24) is 25.0 Å². The van der Waals surface area contributed by atoms with E-state index < -0.39 is 23.2 Å². The minimum Gasteiger partial charge on any atom is -0.325 e. The summed E-state index contributed by atoms with van der Waals surface area (Å²) in [5.74, 6) is -0.324. The second kappa shape index (κ2) is 9.63. The number of carbonyl (C=O) groups excluding carboxylic acids is 1. The van der Waals surface area contributed by atoms with Crippen molar-refractivity contribution in [1.29, 1.82) is 0 Å². The van der Waals surface area contributed by atoms with E-state index in [1.165, 1.54) is 28.9 Å². The van der Waals surface area contributed by atoms with Crippen LogP contribution in [0.2, 0.25) is 0 Å². The molecule has 0 saturated heterocycles. The Balaban J connectivity index is 1.38. The molecule has 8 nitrogen and oxygen atoms in total. The smallest absolute Gasteiger partial charge is 0.325 e. The van der Waals surface area contributed by atoms with Crippen molar-refractivity contribution in [2.45, 2.75) is 18.5 Å². The highest BCUT2D eigenvalue weighted by molar-refractivity contribution is 7.99. The topological polar surface area (TPSA) is 106 Å². The standard InChI is InChI=1S/C21H16F4N6O2S/c22-14-5-1-12(2-6-14)9-31-19-18(29-30-31)20(33)28-16(27-19)10-34-11-17(32)26-15-7-3-13(4-8-15)21(23,24)25/h1-8H,9-11H2,(H,26,32)(H,27,28,33). The first-order valence-corrected chi connectivity index (χ1v) is 11.0. The van der Waals surface area contributed by atoms with E-state index in [2.05, 4.69) is 25.6 Å². The molecular formula is C21H16F4N6O2S. The van der Waals surface area contributed by atoms with Gasteiger partial charge in [-0.25, -0.2) is 14.1 Å². The van der Waals surface area contributed by atoms with Gasteiger partial charge in [0.25, 0.3) is 5.56 Å². The van der Waals surface area contributed by atoms with Crippen LogP contribution in [0.1, 0.15) is 17.0 Å². The number of thioether (sulfide) groups is 1. The second-order valence-corrected chi connectivity index (χ2v) is 8.16. The number of hydrogen-bond acceptors (Lipinski definition) is 6. The van der Waals surface area contributed by atoms with Gasteiger partial charge in [-0.15, -0.1) is 16.9 Å². The lowest BCUT2D eigenvalue weighted by Crippen LogP contribution is -2.16. The van der Waals surface area contributed by atoms with E-state index in [0.29, 0.717) is 5.82 Å². The van der Waals surface area contributed by atoms with Crippen molar-refractivity contribution in [2.24, 2.45) is 0 Å². The van der Waals surface area contributed by atoms with E-state index in [1.54, 1.807) is 12.1 Å². The van der Waals surface area contributed by atoms with E-state index in [0.717, 1.165) is 29.5 Å². The molecule has 176 valence electrons. The summed E-state index contributed by atoms with van der Waals surface area (Å²) in [6.45, 7) is 0.231. The molecule has 4 rings (SSSR count). The molecule has 34 heavy (non-hydrogen) atoms.